The number of fused-ring (bicyclic) bond motifs is 3. The van der Waals surface area contributed by atoms with E-state index in [4.69, 9.17) is 15.0 Å². The topological polar surface area (TPSA) is 107 Å². The van der Waals surface area contributed by atoms with Gasteiger partial charge in [0.1, 0.15) is 11.6 Å². The van der Waals surface area contributed by atoms with Gasteiger partial charge in [-0.25, -0.2) is 15.0 Å². The minimum atomic E-state index is 0.304. The van der Waals surface area contributed by atoms with E-state index in [0.29, 0.717) is 23.5 Å². The van der Waals surface area contributed by atoms with Crippen molar-refractivity contribution in [1.82, 2.24) is 40.5 Å². The molecule has 8 nitrogen and oxygen atoms in total. The van der Waals surface area contributed by atoms with E-state index in [9.17, 15) is 0 Å². The van der Waals surface area contributed by atoms with Gasteiger partial charge in [-0.2, -0.15) is 0 Å². The Morgan fingerprint density at radius 1 is 0.838 bits per heavy atom. The molecule has 2 saturated heterocycles. The lowest BCUT2D eigenvalue weighted by Gasteiger charge is -2.13. The number of aromatic nitrogens is 6. The third-order valence-corrected chi connectivity index (χ3v) is 8.69. The molecule has 0 bridgehead atoms. The van der Waals surface area contributed by atoms with Crippen LogP contribution < -0.4 is 10.6 Å². The van der Waals surface area contributed by atoms with Gasteiger partial charge < -0.3 is 20.6 Å². The number of nitrogens with one attached hydrogen (secondary N) is 4. The van der Waals surface area contributed by atoms with Crippen LogP contribution in [0, 0.1) is 11.8 Å². The molecule has 4 N–H and O–H groups in total. The largest absolute Gasteiger partial charge is 0.341 e. The highest BCUT2D eigenvalue weighted by Gasteiger charge is 2.57. The summed E-state index contributed by atoms with van der Waals surface area (Å²) in [6.45, 7) is 5.63. The lowest BCUT2D eigenvalue weighted by molar-refractivity contribution is 0.490. The first-order valence-electron chi connectivity index (χ1n) is 13.3. The molecule has 8 heteroatoms. The fourth-order valence-electron chi connectivity index (χ4n) is 6.35. The molecule has 2 aliphatic heterocycles. The van der Waals surface area contributed by atoms with E-state index in [2.05, 4.69) is 69.8 Å². The second-order valence-electron chi connectivity index (χ2n) is 11.5. The number of imidazole rings is 2. The highest BCUT2D eigenvalue weighted by atomic mass is 15.1. The first-order chi connectivity index (χ1) is 18.0. The smallest absolute Gasteiger partial charge is 0.124 e. The van der Waals surface area contributed by atoms with Crippen LogP contribution >= 0.6 is 0 Å². The lowest BCUT2D eigenvalue weighted by Crippen LogP contribution is -2.27. The molecule has 1 aliphatic carbocycles. The van der Waals surface area contributed by atoms with E-state index in [-0.39, 0.29) is 0 Å². The van der Waals surface area contributed by atoms with Gasteiger partial charge in [0.15, 0.2) is 0 Å². The zero-order chi connectivity index (χ0) is 24.7. The molecule has 0 spiro atoms. The normalized spacial score (nSPS) is 28.8. The first-order valence-corrected chi connectivity index (χ1v) is 13.3. The van der Waals surface area contributed by atoms with Gasteiger partial charge in [-0.1, -0.05) is 19.1 Å². The van der Waals surface area contributed by atoms with Crippen molar-refractivity contribution < 1.29 is 0 Å². The van der Waals surface area contributed by atoms with Crippen LogP contribution in [-0.4, -0.2) is 42.0 Å². The quantitative estimate of drug-likeness (QED) is 0.281. The van der Waals surface area contributed by atoms with Gasteiger partial charge in [0.25, 0.3) is 0 Å². The third kappa shape index (κ3) is 3.58. The molecular weight excluding hydrogens is 460 g/mol. The Morgan fingerprint density at radius 2 is 1.73 bits per heavy atom. The van der Waals surface area contributed by atoms with Crippen LogP contribution in [0.25, 0.3) is 44.6 Å². The maximum atomic E-state index is 4.93. The number of H-pyrrole nitrogens is 2. The van der Waals surface area contributed by atoms with Gasteiger partial charge in [-0.3, -0.25) is 4.98 Å². The molecule has 3 aromatic heterocycles. The van der Waals surface area contributed by atoms with Crippen LogP contribution in [0.5, 0.6) is 0 Å². The van der Waals surface area contributed by atoms with Crippen LogP contribution in [-0.2, 0) is 0 Å². The molecule has 0 radical (unpaired) electrons. The van der Waals surface area contributed by atoms with Gasteiger partial charge in [0.05, 0.1) is 57.9 Å². The van der Waals surface area contributed by atoms with E-state index in [1.165, 1.54) is 6.42 Å². The molecule has 5 aromatic rings. The van der Waals surface area contributed by atoms with Gasteiger partial charge >= 0.3 is 0 Å². The SMILES string of the molecule is C[C@H]1CN[C@H](c2ncc(-c3ccc4nc(-c5ccc6nc([C@@H]7C[C@H]8C[C@]8(C)N7)[nH]c6c5)cnc4c3)[nH]2)C1. The fraction of sp³-hybridized carbons (Fsp3) is 0.379. The number of hydrogen-bond acceptors (Lipinski definition) is 6. The molecule has 8 rings (SSSR count). The number of hydrogen-bond donors (Lipinski definition) is 4. The van der Waals surface area contributed by atoms with Crippen LogP contribution in [0.3, 0.4) is 0 Å². The van der Waals surface area contributed by atoms with Crippen LogP contribution in [0.2, 0.25) is 0 Å². The third-order valence-electron chi connectivity index (χ3n) is 8.69. The predicted molar refractivity (Wildman–Crippen MR) is 144 cm³/mol. The Labute approximate surface area is 214 Å². The number of piperidine rings is 1. The molecule has 5 atom stereocenters. The Kier molecular flexibility index (Phi) is 4.46. The molecule has 1 saturated carbocycles. The van der Waals surface area contributed by atoms with Crippen molar-refractivity contribution in [2.75, 3.05) is 6.54 Å². The first kappa shape index (κ1) is 21.5. The van der Waals surface area contributed by atoms with E-state index >= 15 is 0 Å². The average Bonchev–Trinajstić information content (AvgIpc) is 3.49. The van der Waals surface area contributed by atoms with Gasteiger partial charge in [-0.05, 0) is 68.8 Å². The number of aromatic amines is 2. The molecule has 3 aliphatic rings. The summed E-state index contributed by atoms with van der Waals surface area (Å²) in [7, 11) is 0. The summed E-state index contributed by atoms with van der Waals surface area (Å²) in [5, 5.41) is 7.30. The van der Waals surface area contributed by atoms with E-state index in [1.54, 1.807) is 0 Å². The van der Waals surface area contributed by atoms with Crippen molar-refractivity contribution in [3.8, 4) is 22.5 Å². The average molecular weight is 491 g/mol. The minimum Gasteiger partial charge on any atom is -0.341 e. The maximum absolute atomic E-state index is 4.93. The molecular formula is C29H30N8. The number of benzene rings is 2. The summed E-state index contributed by atoms with van der Waals surface area (Å²) in [6, 6.07) is 13.1. The Balaban J connectivity index is 1.06. The Hall–Kier alpha value is -3.62. The summed E-state index contributed by atoms with van der Waals surface area (Å²) >= 11 is 0. The molecule has 3 fully saturated rings. The number of rotatable bonds is 4. The highest BCUT2D eigenvalue weighted by molar-refractivity contribution is 5.85. The Bertz CT molecular complexity index is 1670. The van der Waals surface area contributed by atoms with Crippen molar-refractivity contribution in [1.29, 1.82) is 0 Å². The molecule has 2 aromatic carbocycles. The van der Waals surface area contributed by atoms with Crippen molar-refractivity contribution in [2.24, 2.45) is 11.8 Å². The minimum absolute atomic E-state index is 0.304. The summed E-state index contributed by atoms with van der Waals surface area (Å²) < 4.78 is 0. The van der Waals surface area contributed by atoms with Crippen molar-refractivity contribution in [2.45, 2.75) is 50.7 Å². The molecule has 5 heterocycles. The summed E-state index contributed by atoms with van der Waals surface area (Å²) in [4.78, 5) is 26.3. The zero-order valence-corrected chi connectivity index (χ0v) is 21.0. The van der Waals surface area contributed by atoms with Crippen LogP contribution in [0.4, 0.5) is 0 Å². The van der Waals surface area contributed by atoms with Gasteiger partial charge in [-0.15, -0.1) is 0 Å². The molecule has 37 heavy (non-hydrogen) atoms. The van der Waals surface area contributed by atoms with Crippen molar-refractivity contribution in [3.63, 3.8) is 0 Å². The monoisotopic (exact) mass is 490 g/mol. The van der Waals surface area contributed by atoms with Gasteiger partial charge in [0.2, 0.25) is 0 Å². The summed E-state index contributed by atoms with van der Waals surface area (Å²) in [6.07, 6.45) is 7.34. The van der Waals surface area contributed by atoms with E-state index in [0.717, 1.165) is 81.5 Å². The summed E-state index contributed by atoms with van der Waals surface area (Å²) in [5.41, 5.74) is 8.06. The van der Waals surface area contributed by atoms with Gasteiger partial charge in [0, 0.05) is 16.7 Å². The zero-order valence-electron chi connectivity index (χ0n) is 21.0. The van der Waals surface area contributed by atoms with Crippen LogP contribution in [0.1, 0.15) is 56.8 Å². The van der Waals surface area contributed by atoms with Crippen molar-refractivity contribution >= 4 is 22.1 Å². The van der Waals surface area contributed by atoms with E-state index < -0.39 is 0 Å². The molecule has 0 unspecified atom stereocenters. The standard InChI is InChI=1S/C29H30N8/c1-15-7-23(30-12-15)27-32-14-26(36-27)16-3-5-19-21(8-16)31-13-25(33-19)17-4-6-20-22(9-17)35-28(34-20)24-10-18-11-29(18,2)37-24/h3-6,8-9,13-15,18,23-24,30,37H,7,10-12H2,1-2H3,(H,32,36)(H,34,35)/t15-,18+,23+,24+,29+/m1/s1. The second-order valence-corrected chi connectivity index (χ2v) is 11.5. The summed E-state index contributed by atoms with van der Waals surface area (Å²) in [5.74, 6) is 3.52. The number of nitrogens with zero attached hydrogens (tertiary/aromatic N) is 4. The highest BCUT2D eigenvalue weighted by Crippen LogP contribution is 2.54. The Morgan fingerprint density at radius 3 is 2.57 bits per heavy atom. The van der Waals surface area contributed by atoms with Crippen LogP contribution in [0.15, 0.2) is 48.8 Å². The predicted octanol–water partition coefficient (Wildman–Crippen LogP) is 5.05. The fourth-order valence-corrected chi connectivity index (χ4v) is 6.35. The lowest BCUT2D eigenvalue weighted by atomic mass is 10.1. The second kappa shape index (κ2) is 7.69. The van der Waals surface area contributed by atoms with E-state index in [1.807, 2.05) is 18.5 Å². The maximum Gasteiger partial charge on any atom is 0.124 e. The molecule has 0 amide bonds. The molecule has 186 valence electrons. The van der Waals surface area contributed by atoms with Crippen molar-refractivity contribution in [3.05, 3.63) is 60.4 Å².